The lowest BCUT2D eigenvalue weighted by molar-refractivity contribution is -0.134. The topological polar surface area (TPSA) is 111 Å². The second-order valence-electron chi connectivity index (χ2n) is 5.61. The number of thiophene rings is 1. The van der Waals surface area contributed by atoms with E-state index in [0.29, 0.717) is 17.0 Å². The molecule has 3 heterocycles. The van der Waals surface area contributed by atoms with Gasteiger partial charge in [-0.2, -0.15) is 4.98 Å². The molecule has 1 unspecified atom stereocenters. The molecule has 3 aromatic heterocycles. The van der Waals surface area contributed by atoms with Gasteiger partial charge in [0.2, 0.25) is 15.9 Å². The molecule has 0 fully saturated rings. The largest absolute Gasteiger partial charge is 0.406 e. The van der Waals surface area contributed by atoms with Crippen LogP contribution in [0.1, 0.15) is 29.9 Å². The molecule has 3 rings (SSSR count). The fraction of sp³-hybridized carbons (Fsp3) is 0.235. The number of esters is 1. The summed E-state index contributed by atoms with van der Waals surface area (Å²) in [6.45, 7) is 5.51. The lowest BCUT2D eigenvalue weighted by Crippen LogP contribution is -2.19. The molecule has 0 aliphatic carbocycles. The van der Waals surface area contributed by atoms with Crippen LogP contribution in [0.2, 0.25) is 0 Å². The van der Waals surface area contributed by atoms with Crippen LogP contribution < -0.4 is 9.46 Å². The van der Waals surface area contributed by atoms with E-state index in [0.717, 1.165) is 16.2 Å². The molecule has 0 radical (unpaired) electrons. The molecule has 0 saturated heterocycles. The molecular weight excluding hydrogens is 422 g/mol. The first-order valence-corrected chi connectivity index (χ1v) is 11.5. The fourth-order valence-electron chi connectivity index (χ4n) is 2.29. The van der Waals surface area contributed by atoms with E-state index in [1.807, 2.05) is 6.92 Å². The highest BCUT2D eigenvalue weighted by Gasteiger charge is 2.27. The molecule has 0 aliphatic rings. The van der Waals surface area contributed by atoms with E-state index >= 15 is 0 Å². The summed E-state index contributed by atoms with van der Waals surface area (Å²) in [5.74, 6) is -0.342. The van der Waals surface area contributed by atoms with Gasteiger partial charge in [0.05, 0.1) is 10.3 Å². The van der Waals surface area contributed by atoms with Gasteiger partial charge in [-0.1, -0.05) is 18.2 Å². The van der Waals surface area contributed by atoms with Crippen LogP contribution >= 0.6 is 22.7 Å². The van der Waals surface area contributed by atoms with Gasteiger partial charge in [-0.25, -0.2) is 8.42 Å². The van der Waals surface area contributed by atoms with Crippen LogP contribution in [0.25, 0.3) is 10.6 Å². The minimum atomic E-state index is -3.85. The second kappa shape index (κ2) is 8.67. The average Bonchev–Trinajstić information content (AvgIpc) is 3.36. The summed E-state index contributed by atoms with van der Waals surface area (Å²) in [5.41, 5.74) is 0.628. The van der Waals surface area contributed by atoms with Gasteiger partial charge < -0.3 is 9.26 Å². The molecular formula is C17H17N3O5S3. The summed E-state index contributed by atoms with van der Waals surface area (Å²) < 4.78 is 37.9. The number of nitrogens with zero attached hydrogens (tertiary/aromatic N) is 2. The molecule has 1 atom stereocenters. The highest BCUT2D eigenvalue weighted by Crippen LogP contribution is 2.35. The first-order chi connectivity index (χ1) is 13.4. The van der Waals surface area contributed by atoms with Crippen molar-refractivity contribution in [3.8, 4) is 16.5 Å². The van der Waals surface area contributed by atoms with E-state index < -0.39 is 21.2 Å². The first kappa shape index (κ1) is 20.2. The number of carbonyl (C=O) groups excluding carboxylic acids is 1. The molecule has 11 heteroatoms. The van der Waals surface area contributed by atoms with E-state index in [9.17, 15) is 13.2 Å². The zero-order valence-corrected chi connectivity index (χ0v) is 17.3. The SMILES string of the molecule is C=CC(c1ccc(-c2ccon2)s1)S(=O)(=O)Nc1nc(OC(=O)CCC)cs1. The van der Waals surface area contributed by atoms with Gasteiger partial charge in [0.1, 0.15) is 17.2 Å². The third kappa shape index (κ3) is 4.66. The maximum Gasteiger partial charge on any atom is 0.312 e. The maximum absolute atomic E-state index is 12.8. The predicted molar refractivity (Wildman–Crippen MR) is 108 cm³/mol. The van der Waals surface area contributed by atoms with Crippen molar-refractivity contribution in [2.45, 2.75) is 25.0 Å². The predicted octanol–water partition coefficient (Wildman–Crippen LogP) is 4.23. The van der Waals surface area contributed by atoms with E-state index in [1.54, 1.807) is 18.2 Å². The monoisotopic (exact) mass is 439 g/mol. The molecule has 0 aromatic carbocycles. The van der Waals surface area contributed by atoms with Gasteiger partial charge >= 0.3 is 5.97 Å². The number of anilines is 1. The van der Waals surface area contributed by atoms with Crippen molar-refractivity contribution in [2.24, 2.45) is 0 Å². The van der Waals surface area contributed by atoms with Crippen LogP contribution in [0.5, 0.6) is 5.88 Å². The van der Waals surface area contributed by atoms with Crippen molar-refractivity contribution in [3.05, 3.63) is 47.4 Å². The molecule has 1 N–H and O–H groups in total. The summed E-state index contributed by atoms with van der Waals surface area (Å²) in [7, 11) is -3.85. The van der Waals surface area contributed by atoms with Crippen LogP contribution in [-0.4, -0.2) is 24.5 Å². The number of carbonyl (C=O) groups is 1. The van der Waals surface area contributed by atoms with E-state index in [1.165, 1.54) is 29.1 Å². The summed E-state index contributed by atoms with van der Waals surface area (Å²) >= 11 is 2.31. The fourth-order valence-corrected chi connectivity index (χ4v) is 5.81. The number of thiazole rings is 1. The molecule has 28 heavy (non-hydrogen) atoms. The van der Waals surface area contributed by atoms with Crippen molar-refractivity contribution >= 4 is 43.8 Å². The molecule has 3 aromatic rings. The molecule has 0 bridgehead atoms. The number of ether oxygens (including phenoxy) is 1. The number of aromatic nitrogens is 2. The van der Waals surface area contributed by atoms with Crippen molar-refractivity contribution in [2.75, 3.05) is 4.72 Å². The molecule has 0 amide bonds. The normalized spacial score (nSPS) is 12.5. The Morgan fingerprint density at radius 1 is 1.43 bits per heavy atom. The second-order valence-corrected chi connectivity index (χ2v) is 9.38. The number of sulfonamides is 1. The standard InChI is InChI=1S/C17H17N3O5S3/c1-3-5-16(21)25-15-10-26-17(18-15)20-28(22,23)14(4-2)13-7-6-12(27-13)11-8-9-24-19-11/h4,6-10,14H,2-3,5H2,1H3,(H,18,20). The smallest absolute Gasteiger partial charge is 0.312 e. The van der Waals surface area contributed by atoms with Gasteiger partial charge in [-0.3, -0.25) is 9.52 Å². The molecule has 8 nitrogen and oxygen atoms in total. The molecule has 0 spiro atoms. The summed E-state index contributed by atoms with van der Waals surface area (Å²) in [4.78, 5) is 16.9. The third-order valence-corrected chi connectivity index (χ3v) is 7.33. The van der Waals surface area contributed by atoms with Crippen LogP contribution in [-0.2, 0) is 14.8 Å². The zero-order valence-electron chi connectivity index (χ0n) is 14.8. The van der Waals surface area contributed by atoms with E-state index in [2.05, 4.69) is 21.4 Å². The number of nitrogens with one attached hydrogen (secondary N) is 1. The number of hydrogen-bond donors (Lipinski definition) is 1. The summed E-state index contributed by atoms with van der Waals surface area (Å²) in [6, 6.07) is 5.18. The van der Waals surface area contributed by atoms with Gasteiger partial charge in [0.15, 0.2) is 5.13 Å². The Hall–Kier alpha value is -2.50. The van der Waals surface area contributed by atoms with Gasteiger partial charge in [0, 0.05) is 17.4 Å². The van der Waals surface area contributed by atoms with Crippen molar-refractivity contribution in [1.82, 2.24) is 10.1 Å². The van der Waals surface area contributed by atoms with Gasteiger partial charge in [-0.15, -0.1) is 29.3 Å². The zero-order chi connectivity index (χ0) is 20.1. The summed E-state index contributed by atoms with van der Waals surface area (Å²) in [5, 5.41) is 4.46. The molecule has 0 saturated carbocycles. The van der Waals surface area contributed by atoms with Crippen LogP contribution in [0.4, 0.5) is 5.13 Å². The van der Waals surface area contributed by atoms with Crippen LogP contribution in [0.15, 0.2) is 47.0 Å². The minimum absolute atomic E-state index is 0.0701. The molecule has 148 valence electrons. The Bertz CT molecular complexity index is 1050. The number of rotatable bonds is 9. The quantitative estimate of drug-likeness (QED) is 0.392. The highest BCUT2D eigenvalue weighted by atomic mass is 32.2. The molecule has 0 aliphatic heterocycles. The Labute approximate surface area is 169 Å². The van der Waals surface area contributed by atoms with Gasteiger partial charge in [0.25, 0.3) is 0 Å². The van der Waals surface area contributed by atoms with Crippen LogP contribution in [0, 0.1) is 0 Å². The van der Waals surface area contributed by atoms with Crippen molar-refractivity contribution < 1.29 is 22.5 Å². The Balaban J connectivity index is 1.75. The van der Waals surface area contributed by atoms with Gasteiger partial charge in [-0.05, 0) is 18.6 Å². The average molecular weight is 440 g/mol. The Morgan fingerprint density at radius 2 is 2.25 bits per heavy atom. The number of hydrogen-bond acceptors (Lipinski definition) is 9. The lowest BCUT2D eigenvalue weighted by Gasteiger charge is -2.12. The lowest BCUT2D eigenvalue weighted by atomic mass is 10.3. The van der Waals surface area contributed by atoms with Crippen molar-refractivity contribution in [3.63, 3.8) is 0 Å². The maximum atomic E-state index is 12.8. The first-order valence-electron chi connectivity index (χ1n) is 8.23. The minimum Gasteiger partial charge on any atom is -0.406 e. The van der Waals surface area contributed by atoms with E-state index in [4.69, 9.17) is 9.26 Å². The third-order valence-electron chi connectivity index (χ3n) is 3.53. The highest BCUT2D eigenvalue weighted by molar-refractivity contribution is 7.93. The van der Waals surface area contributed by atoms with E-state index in [-0.39, 0.29) is 17.4 Å². The van der Waals surface area contributed by atoms with Crippen molar-refractivity contribution in [1.29, 1.82) is 0 Å². The summed E-state index contributed by atoms with van der Waals surface area (Å²) in [6.07, 6.45) is 3.71. The Kier molecular flexibility index (Phi) is 6.27. The Morgan fingerprint density at radius 3 is 2.93 bits per heavy atom. The van der Waals surface area contributed by atoms with Crippen LogP contribution in [0.3, 0.4) is 0 Å².